The molecule has 0 atom stereocenters. The van der Waals surface area contributed by atoms with Gasteiger partial charge in [-0.1, -0.05) is 19.3 Å². The van der Waals surface area contributed by atoms with Crippen molar-refractivity contribution >= 4 is 5.91 Å². The van der Waals surface area contributed by atoms with E-state index in [-0.39, 0.29) is 11.9 Å². The molecule has 1 heterocycles. The van der Waals surface area contributed by atoms with Crippen LogP contribution in [0.2, 0.25) is 0 Å². The van der Waals surface area contributed by atoms with Gasteiger partial charge in [0.05, 0.1) is 0 Å². The molecule has 0 aromatic carbocycles. The van der Waals surface area contributed by atoms with Gasteiger partial charge in [-0.3, -0.25) is 9.69 Å². The second-order valence-corrected chi connectivity index (χ2v) is 4.82. The van der Waals surface area contributed by atoms with Crippen molar-refractivity contribution in [3.05, 3.63) is 11.6 Å². The van der Waals surface area contributed by atoms with Crippen LogP contribution >= 0.6 is 0 Å². The van der Waals surface area contributed by atoms with Crippen molar-refractivity contribution in [2.45, 2.75) is 51.0 Å². The van der Waals surface area contributed by atoms with Crippen molar-refractivity contribution in [2.75, 3.05) is 14.2 Å². The van der Waals surface area contributed by atoms with Crippen LogP contribution < -0.4 is 0 Å². The summed E-state index contributed by atoms with van der Waals surface area (Å²) in [4.78, 5) is 13.9. The Morgan fingerprint density at radius 3 is 2.35 bits per heavy atom. The fourth-order valence-electron chi connectivity index (χ4n) is 3.04. The second-order valence-electron chi connectivity index (χ2n) is 4.82. The molecule has 0 aromatic heterocycles. The second kappa shape index (κ2) is 4.78. The van der Waals surface area contributed by atoms with Crippen LogP contribution in [0.5, 0.6) is 0 Å². The number of amides is 1. The van der Waals surface area contributed by atoms with Crippen molar-refractivity contribution in [1.29, 1.82) is 0 Å². The monoisotopic (exact) mass is 239 g/mol. The molecule has 1 amide bonds. The molecule has 4 heteroatoms. The number of carbonyl (C=O) groups excluding carboxylic acids is 1. The Balaban J connectivity index is 2.27. The summed E-state index contributed by atoms with van der Waals surface area (Å²) < 4.78 is 11.0. The lowest BCUT2D eigenvalue weighted by Gasteiger charge is -2.43. The van der Waals surface area contributed by atoms with E-state index in [0.717, 1.165) is 18.4 Å². The summed E-state index contributed by atoms with van der Waals surface area (Å²) in [5, 5.41) is 0. The molecule has 4 nitrogen and oxygen atoms in total. The van der Waals surface area contributed by atoms with Crippen LogP contribution in [-0.2, 0) is 14.3 Å². The fraction of sp³-hybridized carbons (Fsp3) is 0.769. The Labute approximate surface area is 103 Å². The number of carbonyl (C=O) groups is 1. The van der Waals surface area contributed by atoms with Gasteiger partial charge >= 0.3 is 0 Å². The molecule has 1 aliphatic carbocycles. The smallest absolute Gasteiger partial charge is 0.278 e. The lowest BCUT2D eigenvalue weighted by Crippen LogP contribution is -2.56. The van der Waals surface area contributed by atoms with Crippen molar-refractivity contribution in [1.82, 2.24) is 4.90 Å². The first-order valence-corrected chi connectivity index (χ1v) is 6.28. The summed E-state index contributed by atoms with van der Waals surface area (Å²) in [6.45, 7) is 1.88. The van der Waals surface area contributed by atoms with E-state index in [2.05, 4.69) is 0 Å². The van der Waals surface area contributed by atoms with Crippen LogP contribution in [-0.4, -0.2) is 37.0 Å². The third kappa shape index (κ3) is 1.89. The maximum Gasteiger partial charge on any atom is 0.278 e. The van der Waals surface area contributed by atoms with Gasteiger partial charge in [0.15, 0.2) is 0 Å². The quantitative estimate of drug-likeness (QED) is 0.708. The Kier molecular flexibility index (Phi) is 3.54. The average Bonchev–Trinajstić information content (AvgIpc) is 2.61. The van der Waals surface area contributed by atoms with Gasteiger partial charge in [-0.15, -0.1) is 0 Å². The molecule has 1 saturated carbocycles. The number of methoxy groups -OCH3 is 2. The maximum atomic E-state index is 12.1. The highest BCUT2D eigenvalue weighted by Crippen LogP contribution is 2.38. The van der Waals surface area contributed by atoms with Crippen molar-refractivity contribution in [2.24, 2.45) is 0 Å². The number of hydrogen-bond donors (Lipinski definition) is 0. The molecule has 0 radical (unpaired) electrons. The third-order valence-corrected chi connectivity index (χ3v) is 3.89. The fourth-order valence-corrected chi connectivity index (χ4v) is 3.04. The molecule has 0 unspecified atom stereocenters. The summed E-state index contributed by atoms with van der Waals surface area (Å²) in [6, 6.07) is 0.241. The van der Waals surface area contributed by atoms with Gasteiger partial charge in [-0.05, 0) is 19.8 Å². The molecule has 2 aliphatic rings. The zero-order chi connectivity index (χ0) is 12.5. The first kappa shape index (κ1) is 12.6. The predicted molar refractivity (Wildman–Crippen MR) is 64.2 cm³/mol. The minimum absolute atomic E-state index is 0.0121. The van der Waals surface area contributed by atoms with Crippen LogP contribution in [0.15, 0.2) is 11.6 Å². The zero-order valence-electron chi connectivity index (χ0n) is 10.9. The zero-order valence-corrected chi connectivity index (χ0v) is 10.9. The number of rotatable bonds is 3. The maximum absolute atomic E-state index is 12.1. The number of ether oxygens (including phenoxy) is 2. The molecule has 1 fully saturated rings. The SMILES string of the molecule is COC1(OC)C(C)=CC(=O)N1C1CCCCC1. The first-order chi connectivity index (χ1) is 8.15. The summed E-state index contributed by atoms with van der Waals surface area (Å²) in [6.07, 6.45) is 7.33. The highest BCUT2D eigenvalue weighted by Gasteiger charge is 2.50. The van der Waals surface area contributed by atoms with Gasteiger partial charge in [0.1, 0.15) is 0 Å². The first-order valence-electron chi connectivity index (χ1n) is 6.28. The van der Waals surface area contributed by atoms with E-state index in [4.69, 9.17) is 9.47 Å². The minimum Gasteiger partial charge on any atom is -0.332 e. The molecular weight excluding hydrogens is 218 g/mol. The minimum atomic E-state index is -0.973. The van der Waals surface area contributed by atoms with Crippen LogP contribution in [0, 0.1) is 0 Å². The third-order valence-electron chi connectivity index (χ3n) is 3.89. The Morgan fingerprint density at radius 1 is 1.24 bits per heavy atom. The van der Waals surface area contributed by atoms with Crippen molar-refractivity contribution < 1.29 is 14.3 Å². The Hall–Kier alpha value is -0.870. The molecule has 0 N–H and O–H groups in total. The van der Waals surface area contributed by atoms with E-state index in [0.29, 0.717) is 0 Å². The molecule has 17 heavy (non-hydrogen) atoms. The van der Waals surface area contributed by atoms with E-state index in [9.17, 15) is 4.79 Å². The standard InChI is InChI=1S/C13H21NO3/c1-10-9-12(15)14(13(10,16-2)17-3)11-7-5-4-6-8-11/h9,11H,4-8H2,1-3H3. The number of hydrogen-bond acceptors (Lipinski definition) is 3. The molecule has 96 valence electrons. The molecule has 0 aromatic rings. The highest BCUT2D eigenvalue weighted by atomic mass is 16.7. The molecule has 0 spiro atoms. The van der Waals surface area contributed by atoms with E-state index < -0.39 is 5.91 Å². The molecule has 2 rings (SSSR count). The lowest BCUT2D eigenvalue weighted by molar-refractivity contribution is -0.265. The van der Waals surface area contributed by atoms with Gasteiger partial charge in [0.25, 0.3) is 11.8 Å². The summed E-state index contributed by atoms with van der Waals surface area (Å²) >= 11 is 0. The van der Waals surface area contributed by atoms with Gasteiger partial charge in [0, 0.05) is 31.9 Å². The van der Waals surface area contributed by atoms with E-state index in [1.165, 1.54) is 19.3 Å². The van der Waals surface area contributed by atoms with Crippen molar-refractivity contribution in [3.8, 4) is 0 Å². The van der Waals surface area contributed by atoms with Gasteiger partial charge < -0.3 is 9.47 Å². The van der Waals surface area contributed by atoms with E-state index >= 15 is 0 Å². The van der Waals surface area contributed by atoms with Crippen LogP contribution in [0.25, 0.3) is 0 Å². The highest BCUT2D eigenvalue weighted by molar-refractivity contribution is 5.92. The molecule has 0 bridgehead atoms. The van der Waals surface area contributed by atoms with Crippen molar-refractivity contribution in [3.63, 3.8) is 0 Å². The normalized spacial score (nSPS) is 25.2. The van der Waals surface area contributed by atoms with Gasteiger partial charge in [0.2, 0.25) is 0 Å². The Morgan fingerprint density at radius 2 is 1.82 bits per heavy atom. The lowest BCUT2D eigenvalue weighted by atomic mass is 9.94. The van der Waals surface area contributed by atoms with Crippen LogP contribution in [0.3, 0.4) is 0 Å². The number of nitrogens with zero attached hydrogens (tertiary/aromatic N) is 1. The topological polar surface area (TPSA) is 38.8 Å². The largest absolute Gasteiger partial charge is 0.332 e. The van der Waals surface area contributed by atoms with E-state index in [1.54, 1.807) is 25.2 Å². The molecular formula is C13H21NO3. The van der Waals surface area contributed by atoms with Crippen LogP contribution in [0.1, 0.15) is 39.0 Å². The van der Waals surface area contributed by atoms with E-state index in [1.807, 2.05) is 6.92 Å². The Bertz CT molecular complexity index is 328. The molecule has 0 saturated heterocycles. The van der Waals surface area contributed by atoms with Gasteiger partial charge in [-0.2, -0.15) is 0 Å². The van der Waals surface area contributed by atoms with Gasteiger partial charge in [-0.25, -0.2) is 0 Å². The average molecular weight is 239 g/mol. The van der Waals surface area contributed by atoms with Crippen LogP contribution in [0.4, 0.5) is 0 Å². The summed E-state index contributed by atoms with van der Waals surface area (Å²) in [5.74, 6) is -0.961. The molecule has 1 aliphatic heterocycles. The summed E-state index contributed by atoms with van der Waals surface area (Å²) in [5.41, 5.74) is 0.832. The summed E-state index contributed by atoms with van der Waals surface area (Å²) in [7, 11) is 3.19. The predicted octanol–water partition coefficient (Wildman–Crippen LogP) is 2.05.